The molecule has 218 valence electrons. The van der Waals surface area contributed by atoms with Crippen LogP contribution in [-0.4, -0.2) is 60.6 Å². The number of nitrogens with zero attached hydrogens (tertiary/aromatic N) is 4. The number of piperazine rings is 1. The highest BCUT2D eigenvalue weighted by Gasteiger charge is 2.20. The van der Waals surface area contributed by atoms with Crippen LogP contribution < -0.4 is 25.0 Å². The molecule has 3 aromatic carbocycles. The van der Waals surface area contributed by atoms with Crippen molar-refractivity contribution in [1.82, 2.24) is 14.9 Å². The van der Waals surface area contributed by atoms with Crippen molar-refractivity contribution in [2.24, 2.45) is 0 Å². The lowest BCUT2D eigenvalue weighted by molar-refractivity contribution is 0.102. The summed E-state index contributed by atoms with van der Waals surface area (Å²) in [5, 5.41) is 6.56. The fourth-order valence-electron chi connectivity index (χ4n) is 4.66. The van der Waals surface area contributed by atoms with Gasteiger partial charge in [0.05, 0.1) is 22.8 Å². The number of anilines is 4. The van der Waals surface area contributed by atoms with Gasteiger partial charge in [0.2, 0.25) is 11.8 Å². The zero-order valence-corrected chi connectivity index (χ0v) is 25.0. The van der Waals surface area contributed by atoms with Gasteiger partial charge in [-0.2, -0.15) is 4.98 Å². The van der Waals surface area contributed by atoms with Crippen LogP contribution in [0.1, 0.15) is 23.7 Å². The van der Waals surface area contributed by atoms with E-state index in [0.717, 1.165) is 38.4 Å². The summed E-state index contributed by atoms with van der Waals surface area (Å²) in [7, 11) is 1.57. The molecule has 0 radical (unpaired) electrons. The Hall–Kier alpha value is -4.05. The smallest absolute Gasteiger partial charge is 0.262 e. The van der Waals surface area contributed by atoms with Gasteiger partial charge in [-0.05, 0) is 61.5 Å². The number of nitrogens with one attached hydrogen (secondary N) is 2. The Balaban J connectivity index is 1.36. The molecule has 4 aromatic rings. The number of halogens is 2. The van der Waals surface area contributed by atoms with Gasteiger partial charge in [0.15, 0.2) is 0 Å². The molecule has 1 aliphatic rings. The molecular formula is C31H32Cl2N6O3. The van der Waals surface area contributed by atoms with Crippen LogP contribution in [0.2, 0.25) is 10.0 Å². The predicted molar refractivity (Wildman–Crippen MR) is 168 cm³/mol. The SMILES string of the molecule is CCCN1CCN(c2ccc(Nc3ncc(C(=O)Nc4c(Cl)cccc4Cl)c(Oc4cccc(OC)c4)n3)cc2)CC1. The first-order valence-corrected chi connectivity index (χ1v) is 14.5. The van der Waals surface area contributed by atoms with E-state index >= 15 is 0 Å². The first-order chi connectivity index (χ1) is 20.4. The average molecular weight is 608 g/mol. The summed E-state index contributed by atoms with van der Waals surface area (Å²) in [4.78, 5) is 27.1. The first-order valence-electron chi connectivity index (χ1n) is 13.7. The minimum atomic E-state index is -0.530. The maximum absolute atomic E-state index is 13.3. The van der Waals surface area contributed by atoms with E-state index in [2.05, 4.69) is 49.5 Å². The van der Waals surface area contributed by atoms with Crippen LogP contribution in [0.5, 0.6) is 17.4 Å². The molecule has 5 rings (SSSR count). The molecule has 1 saturated heterocycles. The molecule has 0 unspecified atom stereocenters. The van der Waals surface area contributed by atoms with Gasteiger partial charge in [-0.25, -0.2) is 4.98 Å². The van der Waals surface area contributed by atoms with Crippen molar-refractivity contribution < 1.29 is 14.3 Å². The van der Waals surface area contributed by atoms with Crippen LogP contribution in [0.15, 0.2) is 72.9 Å². The summed E-state index contributed by atoms with van der Waals surface area (Å²) < 4.78 is 11.4. The largest absolute Gasteiger partial charge is 0.497 e. The molecule has 0 spiro atoms. The van der Waals surface area contributed by atoms with Gasteiger partial charge >= 0.3 is 0 Å². The van der Waals surface area contributed by atoms with E-state index < -0.39 is 5.91 Å². The maximum atomic E-state index is 13.3. The van der Waals surface area contributed by atoms with E-state index in [0.29, 0.717) is 21.5 Å². The standard InChI is InChI=1S/C31H32Cl2N6O3/c1-3-14-38-15-17-39(18-16-38)22-12-10-21(11-13-22)35-31-34-20-25(29(40)36-28-26(32)8-5-9-27(28)33)30(37-31)42-24-7-4-6-23(19-24)41-2/h4-13,19-20H,3,14-18H2,1-2H3,(H,36,40)(H,34,35,37). The number of hydrogen-bond donors (Lipinski definition) is 2. The summed E-state index contributed by atoms with van der Waals surface area (Å²) in [6.07, 6.45) is 2.57. The van der Waals surface area contributed by atoms with Crippen molar-refractivity contribution in [1.29, 1.82) is 0 Å². The highest BCUT2D eigenvalue weighted by atomic mass is 35.5. The highest BCUT2D eigenvalue weighted by molar-refractivity contribution is 6.40. The molecule has 0 bridgehead atoms. The quantitative estimate of drug-likeness (QED) is 0.197. The Bertz CT molecular complexity index is 1510. The van der Waals surface area contributed by atoms with Crippen molar-refractivity contribution in [2.45, 2.75) is 13.3 Å². The maximum Gasteiger partial charge on any atom is 0.262 e. The lowest BCUT2D eigenvalue weighted by Crippen LogP contribution is -2.46. The number of rotatable bonds is 10. The molecule has 2 heterocycles. The first kappa shape index (κ1) is 29.4. The minimum Gasteiger partial charge on any atom is -0.497 e. The van der Waals surface area contributed by atoms with Gasteiger partial charge < -0.3 is 25.0 Å². The molecule has 9 nitrogen and oxygen atoms in total. The minimum absolute atomic E-state index is 0.0444. The summed E-state index contributed by atoms with van der Waals surface area (Å²) >= 11 is 12.5. The Labute approximate surface area is 255 Å². The second kappa shape index (κ2) is 13.7. The van der Waals surface area contributed by atoms with Crippen molar-refractivity contribution in [2.75, 3.05) is 55.4 Å². The second-order valence-corrected chi connectivity index (χ2v) is 10.6. The van der Waals surface area contributed by atoms with Crippen LogP contribution in [-0.2, 0) is 0 Å². The monoisotopic (exact) mass is 606 g/mol. The van der Waals surface area contributed by atoms with Crippen molar-refractivity contribution in [3.63, 3.8) is 0 Å². The van der Waals surface area contributed by atoms with Crippen LogP contribution >= 0.6 is 23.2 Å². The summed E-state index contributed by atoms with van der Waals surface area (Å²) in [5.41, 5.74) is 2.35. The van der Waals surface area contributed by atoms with Gasteiger partial charge in [0.25, 0.3) is 5.91 Å². The van der Waals surface area contributed by atoms with Crippen LogP contribution in [0.25, 0.3) is 0 Å². The van der Waals surface area contributed by atoms with Gasteiger partial charge in [-0.1, -0.05) is 42.3 Å². The highest BCUT2D eigenvalue weighted by Crippen LogP contribution is 2.32. The number of carbonyl (C=O) groups is 1. The molecule has 1 amide bonds. The molecule has 0 saturated carbocycles. The normalized spacial score (nSPS) is 13.5. The molecule has 1 fully saturated rings. The molecule has 1 aliphatic heterocycles. The predicted octanol–water partition coefficient (Wildman–Crippen LogP) is 7.11. The van der Waals surface area contributed by atoms with Crippen LogP contribution in [0, 0.1) is 0 Å². The van der Waals surface area contributed by atoms with E-state index in [1.54, 1.807) is 49.6 Å². The molecule has 2 N–H and O–H groups in total. The fourth-order valence-corrected chi connectivity index (χ4v) is 5.16. The third kappa shape index (κ3) is 7.23. The Morgan fingerprint density at radius 2 is 1.64 bits per heavy atom. The van der Waals surface area contributed by atoms with Gasteiger partial charge in [-0.3, -0.25) is 9.69 Å². The topological polar surface area (TPSA) is 91.9 Å². The molecule has 1 aromatic heterocycles. The number of ether oxygens (including phenoxy) is 2. The summed E-state index contributed by atoms with van der Waals surface area (Å²) in [5.74, 6) is 0.815. The van der Waals surface area contributed by atoms with Crippen LogP contribution in [0.4, 0.5) is 23.0 Å². The average Bonchev–Trinajstić information content (AvgIpc) is 3.00. The van der Waals surface area contributed by atoms with Crippen molar-refractivity contribution in [3.05, 3.63) is 88.5 Å². The number of benzene rings is 3. The molecule has 0 aliphatic carbocycles. The number of hydrogen-bond acceptors (Lipinski definition) is 8. The number of para-hydroxylation sites is 1. The van der Waals surface area contributed by atoms with E-state index in [-0.39, 0.29) is 23.1 Å². The molecule has 0 atom stereocenters. The molecule has 11 heteroatoms. The third-order valence-electron chi connectivity index (χ3n) is 6.86. The zero-order valence-electron chi connectivity index (χ0n) is 23.4. The third-order valence-corrected chi connectivity index (χ3v) is 7.49. The summed E-state index contributed by atoms with van der Waals surface area (Å²) in [6, 6.07) is 20.1. The van der Waals surface area contributed by atoms with Gasteiger partial charge in [0.1, 0.15) is 17.1 Å². The lowest BCUT2D eigenvalue weighted by Gasteiger charge is -2.36. The Morgan fingerprint density at radius 1 is 0.952 bits per heavy atom. The summed E-state index contributed by atoms with van der Waals surface area (Å²) in [6.45, 7) is 7.51. The Morgan fingerprint density at radius 3 is 2.33 bits per heavy atom. The van der Waals surface area contributed by atoms with Gasteiger partial charge in [-0.15, -0.1) is 0 Å². The van der Waals surface area contributed by atoms with E-state index in [4.69, 9.17) is 32.7 Å². The number of methoxy groups -OCH3 is 1. The lowest BCUT2D eigenvalue weighted by atomic mass is 10.2. The zero-order chi connectivity index (χ0) is 29.5. The van der Waals surface area contributed by atoms with E-state index in [1.807, 2.05) is 12.1 Å². The fraction of sp³-hybridized carbons (Fsp3) is 0.258. The van der Waals surface area contributed by atoms with Crippen molar-refractivity contribution in [3.8, 4) is 17.4 Å². The van der Waals surface area contributed by atoms with E-state index in [1.165, 1.54) is 18.3 Å². The van der Waals surface area contributed by atoms with E-state index in [9.17, 15) is 4.79 Å². The van der Waals surface area contributed by atoms with Crippen LogP contribution in [0.3, 0.4) is 0 Å². The molecular weight excluding hydrogens is 575 g/mol. The number of carbonyl (C=O) groups excluding carboxylic acids is 1. The molecule has 42 heavy (non-hydrogen) atoms. The number of aromatic nitrogens is 2. The number of amides is 1. The Kier molecular flexibility index (Phi) is 9.63. The van der Waals surface area contributed by atoms with Crippen molar-refractivity contribution >= 4 is 52.1 Å². The van der Waals surface area contributed by atoms with Gasteiger partial charge in [0, 0.05) is 49.8 Å². The second-order valence-electron chi connectivity index (χ2n) is 9.74.